The lowest BCUT2D eigenvalue weighted by molar-refractivity contribution is -0.0884. The van der Waals surface area contributed by atoms with Crippen LogP contribution in [0.15, 0.2) is 65.6 Å². The average molecular weight is 439 g/mol. The second-order valence-electron chi connectivity index (χ2n) is 8.79. The Morgan fingerprint density at radius 3 is 2.58 bits per heavy atom. The number of hydrogen-bond acceptors (Lipinski definition) is 5. The number of ether oxygens (including phenoxy) is 1. The molecule has 0 unspecified atom stereocenters. The van der Waals surface area contributed by atoms with E-state index in [4.69, 9.17) is 4.74 Å². The summed E-state index contributed by atoms with van der Waals surface area (Å²) in [6.07, 6.45) is 0. The fourth-order valence-electron chi connectivity index (χ4n) is 4.27. The third kappa shape index (κ3) is 4.73. The molecule has 1 heterocycles. The lowest BCUT2D eigenvalue weighted by Crippen LogP contribution is -2.57. The highest BCUT2D eigenvalue weighted by Gasteiger charge is 2.34. The minimum Gasteiger partial charge on any atom is -0.491 e. The van der Waals surface area contributed by atoms with E-state index in [0.717, 1.165) is 36.0 Å². The maximum absolute atomic E-state index is 11.2. The Balaban J connectivity index is 1.49. The van der Waals surface area contributed by atoms with Crippen LogP contribution in [-0.4, -0.2) is 45.0 Å². The SMILES string of the molecule is COc1ccc(SNCC(C)(C)c2cccc3ccccc23)cc1[N+]1(O)CCNCC1. The third-order valence-corrected chi connectivity index (χ3v) is 6.92. The van der Waals surface area contributed by atoms with Crippen molar-refractivity contribution in [2.45, 2.75) is 24.2 Å². The van der Waals surface area contributed by atoms with Crippen molar-refractivity contribution in [2.24, 2.45) is 0 Å². The Kier molecular flexibility index (Phi) is 6.55. The van der Waals surface area contributed by atoms with Gasteiger partial charge in [0.05, 0.1) is 7.11 Å². The molecule has 31 heavy (non-hydrogen) atoms. The molecule has 0 atom stereocenters. The lowest BCUT2D eigenvalue weighted by atomic mass is 9.82. The first-order valence-electron chi connectivity index (χ1n) is 10.8. The largest absolute Gasteiger partial charge is 0.491 e. The lowest BCUT2D eigenvalue weighted by Gasteiger charge is -2.34. The molecule has 0 bridgehead atoms. The predicted octanol–water partition coefficient (Wildman–Crippen LogP) is 4.72. The van der Waals surface area contributed by atoms with E-state index < -0.39 is 0 Å². The number of rotatable bonds is 7. The molecule has 0 aliphatic carbocycles. The summed E-state index contributed by atoms with van der Waals surface area (Å²) in [4.78, 5) is 1.06. The molecule has 0 amide bonds. The molecule has 1 aliphatic heterocycles. The minimum absolute atomic E-state index is 0.0353. The molecule has 3 aromatic rings. The highest BCUT2D eigenvalue weighted by molar-refractivity contribution is 7.97. The second-order valence-corrected chi connectivity index (χ2v) is 9.75. The van der Waals surface area contributed by atoms with Gasteiger partial charge in [-0.15, -0.1) is 4.65 Å². The van der Waals surface area contributed by atoms with Crippen LogP contribution in [0.3, 0.4) is 0 Å². The maximum Gasteiger partial charge on any atom is 0.208 e. The van der Waals surface area contributed by atoms with E-state index in [0.29, 0.717) is 13.1 Å². The molecule has 0 aromatic heterocycles. The van der Waals surface area contributed by atoms with Gasteiger partial charge in [-0.3, -0.25) is 4.72 Å². The molecule has 0 saturated carbocycles. The van der Waals surface area contributed by atoms with Gasteiger partial charge >= 0.3 is 0 Å². The van der Waals surface area contributed by atoms with Gasteiger partial charge in [-0.2, -0.15) is 0 Å². The predicted molar refractivity (Wildman–Crippen MR) is 130 cm³/mol. The number of methoxy groups -OCH3 is 1. The number of piperazine rings is 1. The van der Waals surface area contributed by atoms with E-state index in [1.807, 2.05) is 18.2 Å². The van der Waals surface area contributed by atoms with Crippen molar-refractivity contribution in [3.63, 3.8) is 0 Å². The fourth-order valence-corrected chi connectivity index (χ4v) is 5.18. The summed E-state index contributed by atoms with van der Waals surface area (Å²) in [6.45, 7) is 8.20. The first kappa shape index (κ1) is 22.1. The Labute approximate surface area is 189 Å². The molecular weight excluding hydrogens is 406 g/mol. The number of benzene rings is 3. The number of hydrogen-bond donors (Lipinski definition) is 3. The van der Waals surface area contributed by atoms with Crippen molar-refractivity contribution in [1.82, 2.24) is 14.7 Å². The van der Waals surface area contributed by atoms with Gasteiger partial charge in [0.15, 0.2) is 5.75 Å². The van der Waals surface area contributed by atoms with Crippen LogP contribution >= 0.6 is 11.9 Å². The summed E-state index contributed by atoms with van der Waals surface area (Å²) in [7, 11) is 1.66. The molecule has 1 fully saturated rings. The fraction of sp³-hybridized carbons (Fsp3) is 0.360. The van der Waals surface area contributed by atoms with Gasteiger partial charge in [-0.25, -0.2) is 5.21 Å². The average Bonchev–Trinajstić information content (AvgIpc) is 2.79. The number of nitrogens with one attached hydrogen (secondary N) is 2. The monoisotopic (exact) mass is 438 g/mol. The van der Waals surface area contributed by atoms with E-state index in [1.165, 1.54) is 16.3 Å². The van der Waals surface area contributed by atoms with Crippen LogP contribution in [0.5, 0.6) is 5.75 Å². The highest BCUT2D eigenvalue weighted by Crippen LogP contribution is 2.36. The van der Waals surface area contributed by atoms with Gasteiger partial charge in [-0.1, -0.05) is 56.3 Å². The molecule has 4 rings (SSSR count). The number of fused-ring (bicyclic) bond motifs is 1. The van der Waals surface area contributed by atoms with Crippen LogP contribution < -0.4 is 19.4 Å². The van der Waals surface area contributed by atoms with Crippen molar-refractivity contribution in [3.8, 4) is 5.75 Å². The van der Waals surface area contributed by atoms with Crippen LogP contribution in [0, 0.1) is 0 Å². The Bertz CT molecular complexity index is 1040. The molecule has 0 spiro atoms. The molecule has 6 heteroatoms. The van der Waals surface area contributed by atoms with Gasteiger partial charge < -0.3 is 10.1 Å². The van der Waals surface area contributed by atoms with E-state index >= 15 is 0 Å². The van der Waals surface area contributed by atoms with Crippen LogP contribution in [-0.2, 0) is 5.41 Å². The van der Waals surface area contributed by atoms with Gasteiger partial charge in [0.1, 0.15) is 13.1 Å². The van der Waals surface area contributed by atoms with Crippen LogP contribution in [0.1, 0.15) is 19.4 Å². The standard InChI is InChI=1S/C25H32N3O2S/c1-25(2,22-10-6-8-19-7-4-5-9-21(19)22)18-27-31-20-11-12-24(30-3)23(17-20)28(29)15-13-26-14-16-28/h4-12,17,26-27,29H,13-16,18H2,1-3H3/q+1. The minimum atomic E-state index is -0.0912. The number of nitrogens with zero attached hydrogens (tertiary/aromatic N) is 1. The summed E-state index contributed by atoms with van der Waals surface area (Å²) in [5, 5.41) is 17.1. The zero-order valence-electron chi connectivity index (χ0n) is 18.5. The van der Waals surface area contributed by atoms with E-state index in [9.17, 15) is 5.21 Å². The maximum atomic E-state index is 11.2. The summed E-state index contributed by atoms with van der Waals surface area (Å²) < 4.78 is 9.02. The molecule has 164 valence electrons. The summed E-state index contributed by atoms with van der Waals surface area (Å²) >= 11 is 1.60. The van der Waals surface area contributed by atoms with Crippen LogP contribution in [0.25, 0.3) is 10.8 Å². The van der Waals surface area contributed by atoms with Gasteiger partial charge in [0.25, 0.3) is 0 Å². The highest BCUT2D eigenvalue weighted by atomic mass is 32.2. The molecular formula is C25H32N3O2S+. The van der Waals surface area contributed by atoms with Crippen molar-refractivity contribution in [2.75, 3.05) is 39.8 Å². The summed E-state index contributed by atoms with van der Waals surface area (Å²) in [6, 6.07) is 21.1. The Morgan fingerprint density at radius 2 is 1.81 bits per heavy atom. The molecule has 5 nitrogen and oxygen atoms in total. The Hall–Kier alpha value is -2.09. The van der Waals surface area contributed by atoms with Gasteiger partial charge in [-0.05, 0) is 40.4 Å². The van der Waals surface area contributed by atoms with Gasteiger partial charge in [0.2, 0.25) is 5.69 Å². The number of hydroxylamine groups is 2. The van der Waals surface area contributed by atoms with Crippen molar-refractivity contribution < 1.29 is 9.94 Å². The zero-order valence-corrected chi connectivity index (χ0v) is 19.3. The molecule has 3 N–H and O–H groups in total. The first-order valence-corrected chi connectivity index (χ1v) is 11.6. The van der Waals surface area contributed by atoms with Crippen molar-refractivity contribution >= 4 is 28.4 Å². The summed E-state index contributed by atoms with van der Waals surface area (Å²) in [5.74, 6) is 0.727. The van der Waals surface area contributed by atoms with E-state index in [2.05, 4.69) is 66.4 Å². The zero-order chi connectivity index (χ0) is 21.9. The molecule has 0 radical (unpaired) electrons. The van der Waals surface area contributed by atoms with Crippen LogP contribution in [0.4, 0.5) is 5.69 Å². The topological polar surface area (TPSA) is 53.5 Å². The van der Waals surface area contributed by atoms with E-state index in [-0.39, 0.29) is 10.1 Å². The quantitative estimate of drug-likeness (QED) is 0.368. The van der Waals surface area contributed by atoms with Gasteiger partial charge in [0, 0.05) is 36.0 Å². The normalized spacial score (nSPS) is 16.4. The Morgan fingerprint density at radius 1 is 1.06 bits per heavy atom. The first-order chi connectivity index (χ1) is 14.9. The molecule has 1 saturated heterocycles. The third-order valence-electron chi connectivity index (χ3n) is 6.14. The van der Waals surface area contributed by atoms with Crippen LogP contribution in [0.2, 0.25) is 0 Å². The number of quaternary nitrogens is 1. The van der Waals surface area contributed by atoms with Crippen molar-refractivity contribution in [3.05, 3.63) is 66.2 Å². The molecule has 1 aliphatic rings. The summed E-state index contributed by atoms with van der Waals surface area (Å²) in [5.41, 5.74) is 2.13. The molecule has 3 aromatic carbocycles. The smallest absolute Gasteiger partial charge is 0.208 e. The second kappa shape index (κ2) is 9.18. The van der Waals surface area contributed by atoms with Crippen molar-refractivity contribution in [1.29, 1.82) is 0 Å². The van der Waals surface area contributed by atoms with E-state index in [1.54, 1.807) is 19.1 Å².